The van der Waals surface area contributed by atoms with E-state index in [9.17, 15) is 15.0 Å². The van der Waals surface area contributed by atoms with E-state index in [-0.39, 0.29) is 17.1 Å². The van der Waals surface area contributed by atoms with Gasteiger partial charge in [0.25, 0.3) is 0 Å². The zero-order valence-corrected chi connectivity index (χ0v) is 8.90. The van der Waals surface area contributed by atoms with Crippen LogP contribution in [0.3, 0.4) is 0 Å². The molecule has 0 aliphatic heterocycles. The van der Waals surface area contributed by atoms with Crippen molar-refractivity contribution in [3.63, 3.8) is 0 Å². The summed E-state index contributed by atoms with van der Waals surface area (Å²) < 4.78 is 4.39. The summed E-state index contributed by atoms with van der Waals surface area (Å²) in [6, 6.07) is 2.49. The van der Waals surface area contributed by atoms with E-state index in [1.54, 1.807) is 6.92 Å². The van der Waals surface area contributed by atoms with Gasteiger partial charge < -0.3 is 13.3 Å². The van der Waals surface area contributed by atoms with Crippen molar-refractivity contribution < 1.29 is 18.1 Å². The van der Waals surface area contributed by atoms with Crippen LogP contribution in [0.2, 0.25) is 0 Å². The van der Waals surface area contributed by atoms with Crippen molar-refractivity contribution in [1.29, 1.82) is 0 Å². The van der Waals surface area contributed by atoms with Gasteiger partial charge in [-0.25, -0.2) is 4.79 Å². The zero-order chi connectivity index (χ0) is 10.0. The van der Waals surface area contributed by atoms with Crippen molar-refractivity contribution in [3.8, 4) is 11.5 Å². The van der Waals surface area contributed by atoms with Crippen LogP contribution in [0, 0.1) is 6.92 Å². The molecule has 1 rings (SSSR count). The molecule has 13 heavy (non-hydrogen) atoms. The van der Waals surface area contributed by atoms with Crippen LogP contribution in [0.4, 0.5) is 0 Å². The Morgan fingerprint density at radius 2 is 1.85 bits per heavy atom. The molecule has 2 N–H and O–H groups in total. The number of phenols is 2. The molecule has 0 saturated heterocycles. The topological polar surface area (TPSA) is 66.8 Å². The SMILES string of the molecule is Cc1c(O)cc(C(=O)OI)cc1O. The number of hydrogen-bond donors (Lipinski definition) is 2. The first kappa shape index (κ1) is 10.1. The van der Waals surface area contributed by atoms with Gasteiger partial charge in [-0.1, -0.05) is 0 Å². The van der Waals surface area contributed by atoms with Gasteiger partial charge in [0.2, 0.25) is 0 Å². The average molecular weight is 294 g/mol. The van der Waals surface area contributed by atoms with Gasteiger partial charge in [-0.15, -0.1) is 0 Å². The number of benzene rings is 1. The first-order valence-electron chi connectivity index (χ1n) is 3.41. The minimum absolute atomic E-state index is 0.120. The second-order valence-electron chi connectivity index (χ2n) is 2.50. The Bertz CT molecular complexity index is 325. The third kappa shape index (κ3) is 2.03. The highest BCUT2D eigenvalue weighted by atomic mass is 127. The number of halogens is 1. The summed E-state index contributed by atoms with van der Waals surface area (Å²) in [4.78, 5) is 11.0. The predicted octanol–water partition coefficient (Wildman–Crippen LogP) is 1.91. The largest absolute Gasteiger partial charge is 0.508 e. The molecule has 0 radical (unpaired) electrons. The normalized spacial score (nSPS) is 9.69. The molecule has 0 atom stereocenters. The average Bonchev–Trinajstić information content (AvgIpc) is 2.12. The molecule has 0 aliphatic rings. The van der Waals surface area contributed by atoms with Crippen LogP contribution >= 0.6 is 23.0 Å². The van der Waals surface area contributed by atoms with Crippen LogP contribution in [0.1, 0.15) is 15.9 Å². The summed E-state index contributed by atoms with van der Waals surface area (Å²) in [6.45, 7) is 1.55. The molecule has 0 saturated carbocycles. The Labute approximate surface area is 88.8 Å². The quantitative estimate of drug-likeness (QED) is 0.776. The highest BCUT2D eigenvalue weighted by Crippen LogP contribution is 2.27. The molecule has 1 aromatic carbocycles. The van der Waals surface area contributed by atoms with Crippen molar-refractivity contribution >= 4 is 29.0 Å². The number of aromatic hydroxyl groups is 2. The van der Waals surface area contributed by atoms with Gasteiger partial charge in [-0.05, 0) is 19.1 Å². The number of rotatable bonds is 1. The van der Waals surface area contributed by atoms with Gasteiger partial charge in [0.15, 0.2) is 23.0 Å². The minimum Gasteiger partial charge on any atom is -0.508 e. The maximum Gasteiger partial charge on any atom is 0.347 e. The first-order valence-corrected chi connectivity index (χ1v) is 4.30. The highest BCUT2D eigenvalue weighted by Gasteiger charge is 2.11. The van der Waals surface area contributed by atoms with Crippen molar-refractivity contribution in [3.05, 3.63) is 23.3 Å². The van der Waals surface area contributed by atoms with E-state index < -0.39 is 5.97 Å². The second kappa shape index (κ2) is 3.82. The maximum atomic E-state index is 11.0. The number of hydrogen-bond acceptors (Lipinski definition) is 4. The number of carbonyl (C=O) groups is 1. The smallest absolute Gasteiger partial charge is 0.347 e. The summed E-state index contributed by atoms with van der Waals surface area (Å²) in [6.07, 6.45) is 0. The molecular weight excluding hydrogens is 287 g/mol. The lowest BCUT2D eigenvalue weighted by atomic mass is 10.1. The first-order chi connectivity index (χ1) is 6.06. The second-order valence-corrected chi connectivity index (χ2v) is 2.94. The fraction of sp³-hybridized carbons (Fsp3) is 0.125. The molecule has 0 fully saturated rings. The van der Waals surface area contributed by atoms with Crippen LogP contribution in [0.25, 0.3) is 0 Å². The fourth-order valence-electron chi connectivity index (χ4n) is 0.846. The molecule has 4 nitrogen and oxygen atoms in total. The highest BCUT2D eigenvalue weighted by molar-refractivity contribution is 14.1. The summed E-state index contributed by atoms with van der Waals surface area (Å²) in [5, 5.41) is 18.5. The van der Waals surface area contributed by atoms with Crippen LogP contribution in [-0.2, 0) is 3.07 Å². The summed E-state index contributed by atoms with van der Waals surface area (Å²) in [7, 11) is 0. The Hall–Kier alpha value is -0.980. The van der Waals surface area contributed by atoms with E-state index in [1.165, 1.54) is 35.1 Å². The standard InChI is InChI=1S/C8H7IO4/c1-4-6(10)2-5(3-7(4)11)8(12)13-9/h2-3,10-11H,1H3. The number of carbonyl (C=O) groups excluding carboxylic acids is 1. The van der Waals surface area contributed by atoms with E-state index in [4.69, 9.17) is 0 Å². The van der Waals surface area contributed by atoms with Crippen molar-refractivity contribution in [1.82, 2.24) is 0 Å². The van der Waals surface area contributed by atoms with E-state index >= 15 is 0 Å². The molecule has 0 aliphatic carbocycles. The molecule has 0 spiro atoms. The van der Waals surface area contributed by atoms with Crippen LogP contribution in [0.15, 0.2) is 12.1 Å². The molecular formula is C8H7IO4. The Morgan fingerprint density at radius 1 is 1.38 bits per heavy atom. The van der Waals surface area contributed by atoms with Crippen LogP contribution in [-0.4, -0.2) is 16.2 Å². The van der Waals surface area contributed by atoms with Gasteiger partial charge in [0, 0.05) is 5.56 Å². The summed E-state index contributed by atoms with van der Waals surface area (Å²) in [5.74, 6) is -0.861. The third-order valence-corrected chi connectivity index (χ3v) is 2.06. The Kier molecular flexibility index (Phi) is 2.97. The summed E-state index contributed by atoms with van der Waals surface area (Å²) in [5.41, 5.74) is 0.458. The third-order valence-electron chi connectivity index (χ3n) is 1.66. The molecule has 1 aromatic rings. The maximum absolute atomic E-state index is 11.0. The lowest BCUT2D eigenvalue weighted by Crippen LogP contribution is -1.97. The van der Waals surface area contributed by atoms with Crippen molar-refractivity contribution in [2.45, 2.75) is 6.92 Å². The molecule has 0 bridgehead atoms. The Morgan fingerprint density at radius 3 is 2.23 bits per heavy atom. The van der Waals surface area contributed by atoms with E-state index in [0.717, 1.165) is 0 Å². The zero-order valence-electron chi connectivity index (χ0n) is 6.74. The van der Waals surface area contributed by atoms with Crippen molar-refractivity contribution in [2.75, 3.05) is 0 Å². The van der Waals surface area contributed by atoms with Gasteiger partial charge in [0.05, 0.1) is 5.56 Å². The number of phenolic OH excluding ortho intramolecular Hbond substituents is 2. The molecule has 0 heterocycles. The fourth-order valence-corrected chi connectivity index (χ4v) is 1.10. The monoisotopic (exact) mass is 294 g/mol. The van der Waals surface area contributed by atoms with E-state index in [2.05, 4.69) is 3.07 Å². The molecule has 5 heteroatoms. The van der Waals surface area contributed by atoms with Crippen molar-refractivity contribution in [2.24, 2.45) is 0 Å². The van der Waals surface area contributed by atoms with Crippen LogP contribution in [0.5, 0.6) is 11.5 Å². The molecule has 70 valence electrons. The molecule has 0 unspecified atom stereocenters. The van der Waals surface area contributed by atoms with Gasteiger partial charge >= 0.3 is 5.97 Å². The van der Waals surface area contributed by atoms with Gasteiger partial charge in [-0.3, -0.25) is 0 Å². The summed E-state index contributed by atoms with van der Waals surface area (Å²) >= 11 is 1.44. The predicted molar refractivity (Wildman–Crippen MR) is 53.9 cm³/mol. The lowest BCUT2D eigenvalue weighted by molar-refractivity contribution is 0.0799. The van der Waals surface area contributed by atoms with Crippen LogP contribution < -0.4 is 0 Å². The van der Waals surface area contributed by atoms with Gasteiger partial charge in [-0.2, -0.15) is 0 Å². The van der Waals surface area contributed by atoms with E-state index in [0.29, 0.717) is 5.56 Å². The Balaban J connectivity index is 3.20. The lowest BCUT2D eigenvalue weighted by Gasteiger charge is -2.03. The van der Waals surface area contributed by atoms with Gasteiger partial charge in [0.1, 0.15) is 11.5 Å². The van der Waals surface area contributed by atoms with E-state index in [1.807, 2.05) is 0 Å². The molecule has 0 amide bonds. The molecule has 0 aromatic heterocycles. The minimum atomic E-state index is -0.605.